The molecule has 0 amide bonds. The lowest BCUT2D eigenvalue weighted by Crippen LogP contribution is -2.27. The maximum Gasteiger partial charge on any atom is 0.153 e. The molecule has 2 aromatic heterocycles. The Morgan fingerprint density at radius 1 is 1.35 bits per heavy atom. The Hall–Kier alpha value is -1.20. The summed E-state index contributed by atoms with van der Waals surface area (Å²) in [5.74, 6) is 2.52. The van der Waals surface area contributed by atoms with Crippen molar-refractivity contribution < 1.29 is 0 Å². The maximum atomic E-state index is 4.62. The van der Waals surface area contributed by atoms with Gasteiger partial charge < -0.3 is 5.32 Å². The Balaban J connectivity index is 1.69. The molecule has 0 spiro atoms. The fourth-order valence-electron chi connectivity index (χ4n) is 2.23. The van der Waals surface area contributed by atoms with Gasteiger partial charge in [-0.05, 0) is 37.4 Å². The van der Waals surface area contributed by atoms with E-state index in [1.165, 1.54) is 4.88 Å². The lowest BCUT2D eigenvalue weighted by atomic mass is 9.98. The third-order valence-electron chi connectivity index (χ3n) is 3.18. The van der Waals surface area contributed by atoms with E-state index in [-0.39, 0.29) is 0 Å². The Kier molecular flexibility index (Phi) is 3.20. The van der Waals surface area contributed by atoms with Gasteiger partial charge in [0.25, 0.3) is 0 Å². The quantitative estimate of drug-likeness (QED) is 0.872. The van der Waals surface area contributed by atoms with Gasteiger partial charge in [-0.1, -0.05) is 6.07 Å². The van der Waals surface area contributed by atoms with Crippen LogP contribution >= 0.6 is 11.3 Å². The van der Waals surface area contributed by atoms with Gasteiger partial charge in [-0.3, -0.25) is 5.10 Å². The topological polar surface area (TPSA) is 53.6 Å². The first-order valence-electron chi connectivity index (χ1n) is 6.06. The van der Waals surface area contributed by atoms with E-state index in [9.17, 15) is 0 Å². The first kappa shape index (κ1) is 10.9. The number of aromatic amines is 1. The van der Waals surface area contributed by atoms with Crippen LogP contribution in [0.25, 0.3) is 0 Å². The van der Waals surface area contributed by atoms with Crippen molar-refractivity contribution in [3.8, 4) is 0 Å². The number of nitrogens with zero attached hydrogens (tertiary/aromatic N) is 2. The smallest absolute Gasteiger partial charge is 0.153 e. The summed E-state index contributed by atoms with van der Waals surface area (Å²) in [5, 5.41) is 12.9. The lowest BCUT2D eigenvalue weighted by Gasteiger charge is -2.19. The molecule has 1 saturated heterocycles. The summed E-state index contributed by atoms with van der Waals surface area (Å²) < 4.78 is 0. The van der Waals surface area contributed by atoms with E-state index >= 15 is 0 Å². The van der Waals surface area contributed by atoms with Crippen LogP contribution in [0, 0.1) is 0 Å². The minimum atomic E-state index is 0.532. The predicted molar refractivity (Wildman–Crippen MR) is 68.4 cm³/mol. The molecule has 17 heavy (non-hydrogen) atoms. The highest BCUT2D eigenvalue weighted by molar-refractivity contribution is 7.09. The Bertz CT molecular complexity index is 457. The molecular weight excluding hydrogens is 232 g/mol. The van der Waals surface area contributed by atoms with Crippen molar-refractivity contribution in [2.75, 3.05) is 13.1 Å². The monoisotopic (exact) mass is 248 g/mol. The summed E-state index contributed by atoms with van der Waals surface area (Å²) in [5.41, 5.74) is 0. The molecular formula is C12H16N4S. The SMILES string of the molecule is c1csc(Cc2nc(C3CCNCC3)n[nH]2)c1. The molecule has 0 bridgehead atoms. The summed E-state index contributed by atoms with van der Waals surface area (Å²) in [6, 6.07) is 4.21. The zero-order chi connectivity index (χ0) is 11.5. The molecule has 90 valence electrons. The van der Waals surface area contributed by atoms with E-state index in [0.717, 1.165) is 44.0 Å². The van der Waals surface area contributed by atoms with Gasteiger partial charge in [-0.15, -0.1) is 11.3 Å². The molecule has 0 unspecified atom stereocenters. The molecule has 3 rings (SSSR count). The maximum absolute atomic E-state index is 4.62. The van der Waals surface area contributed by atoms with Crippen molar-refractivity contribution in [2.45, 2.75) is 25.2 Å². The first-order chi connectivity index (χ1) is 8.42. The minimum absolute atomic E-state index is 0.532. The van der Waals surface area contributed by atoms with Crippen LogP contribution in [0.1, 0.15) is 35.3 Å². The van der Waals surface area contributed by atoms with Gasteiger partial charge >= 0.3 is 0 Å². The molecule has 0 radical (unpaired) electrons. The van der Waals surface area contributed by atoms with E-state index in [2.05, 4.69) is 38.0 Å². The summed E-state index contributed by atoms with van der Waals surface area (Å²) in [4.78, 5) is 5.95. The number of H-pyrrole nitrogens is 1. The number of piperidine rings is 1. The van der Waals surface area contributed by atoms with Crippen LogP contribution in [-0.4, -0.2) is 28.3 Å². The van der Waals surface area contributed by atoms with Crippen molar-refractivity contribution >= 4 is 11.3 Å². The van der Waals surface area contributed by atoms with E-state index in [1.807, 2.05) is 0 Å². The molecule has 0 saturated carbocycles. The Morgan fingerprint density at radius 3 is 3.00 bits per heavy atom. The molecule has 1 fully saturated rings. The van der Waals surface area contributed by atoms with Gasteiger partial charge in [0.1, 0.15) is 5.82 Å². The highest BCUT2D eigenvalue weighted by Crippen LogP contribution is 2.22. The van der Waals surface area contributed by atoms with E-state index in [0.29, 0.717) is 5.92 Å². The van der Waals surface area contributed by atoms with Crippen LogP contribution in [0.4, 0.5) is 0 Å². The molecule has 2 aromatic rings. The third kappa shape index (κ3) is 2.56. The normalized spacial score (nSPS) is 17.4. The molecule has 0 aromatic carbocycles. The molecule has 1 aliphatic rings. The van der Waals surface area contributed by atoms with Crippen LogP contribution in [0.15, 0.2) is 17.5 Å². The van der Waals surface area contributed by atoms with Crippen molar-refractivity contribution in [3.05, 3.63) is 34.0 Å². The number of hydrogen-bond acceptors (Lipinski definition) is 4. The van der Waals surface area contributed by atoms with Crippen molar-refractivity contribution in [3.63, 3.8) is 0 Å². The van der Waals surface area contributed by atoms with Crippen molar-refractivity contribution in [1.29, 1.82) is 0 Å². The average Bonchev–Trinajstić information content (AvgIpc) is 3.02. The second kappa shape index (κ2) is 4.98. The Morgan fingerprint density at radius 2 is 2.24 bits per heavy atom. The second-order valence-corrected chi connectivity index (χ2v) is 5.45. The van der Waals surface area contributed by atoms with Crippen LogP contribution in [-0.2, 0) is 6.42 Å². The van der Waals surface area contributed by atoms with Crippen molar-refractivity contribution in [2.24, 2.45) is 0 Å². The van der Waals surface area contributed by atoms with E-state index in [1.54, 1.807) is 11.3 Å². The average molecular weight is 248 g/mol. The van der Waals surface area contributed by atoms with E-state index in [4.69, 9.17) is 0 Å². The van der Waals surface area contributed by atoms with Gasteiger partial charge in [0.15, 0.2) is 5.82 Å². The van der Waals surface area contributed by atoms with Gasteiger partial charge in [-0.25, -0.2) is 4.98 Å². The van der Waals surface area contributed by atoms with Gasteiger partial charge in [-0.2, -0.15) is 5.10 Å². The molecule has 5 heteroatoms. The lowest BCUT2D eigenvalue weighted by molar-refractivity contribution is 0.446. The number of aromatic nitrogens is 3. The largest absolute Gasteiger partial charge is 0.317 e. The highest BCUT2D eigenvalue weighted by Gasteiger charge is 2.19. The molecule has 0 aliphatic carbocycles. The van der Waals surface area contributed by atoms with Gasteiger partial charge in [0.2, 0.25) is 0 Å². The summed E-state index contributed by atoms with van der Waals surface area (Å²) in [6.07, 6.45) is 3.17. The molecule has 0 atom stereocenters. The zero-order valence-electron chi connectivity index (χ0n) is 9.65. The molecule has 2 N–H and O–H groups in total. The van der Waals surface area contributed by atoms with E-state index < -0.39 is 0 Å². The minimum Gasteiger partial charge on any atom is -0.317 e. The Labute approximate surface area is 104 Å². The van der Waals surface area contributed by atoms with Crippen LogP contribution < -0.4 is 5.32 Å². The van der Waals surface area contributed by atoms with Gasteiger partial charge in [0, 0.05) is 17.2 Å². The fourth-order valence-corrected chi connectivity index (χ4v) is 2.94. The van der Waals surface area contributed by atoms with Crippen LogP contribution in [0.2, 0.25) is 0 Å². The number of rotatable bonds is 3. The van der Waals surface area contributed by atoms with Crippen LogP contribution in [0.5, 0.6) is 0 Å². The third-order valence-corrected chi connectivity index (χ3v) is 4.05. The second-order valence-electron chi connectivity index (χ2n) is 4.42. The molecule has 3 heterocycles. The van der Waals surface area contributed by atoms with Crippen molar-refractivity contribution in [1.82, 2.24) is 20.5 Å². The zero-order valence-corrected chi connectivity index (χ0v) is 10.5. The molecule has 4 nitrogen and oxygen atoms in total. The summed E-state index contributed by atoms with van der Waals surface area (Å²) in [6.45, 7) is 2.17. The summed E-state index contributed by atoms with van der Waals surface area (Å²) in [7, 11) is 0. The highest BCUT2D eigenvalue weighted by atomic mass is 32.1. The first-order valence-corrected chi connectivity index (χ1v) is 6.94. The predicted octanol–water partition coefficient (Wildman–Crippen LogP) is 1.92. The number of hydrogen-bond donors (Lipinski definition) is 2. The standard InChI is InChI=1S/C12H16N4S/c1-2-10(17-7-1)8-11-14-12(16-15-11)9-3-5-13-6-4-9/h1-2,7,9,13H,3-6,8H2,(H,14,15,16). The van der Waals surface area contributed by atoms with Gasteiger partial charge in [0.05, 0.1) is 0 Å². The fraction of sp³-hybridized carbons (Fsp3) is 0.500. The number of nitrogens with one attached hydrogen (secondary N) is 2. The summed E-state index contributed by atoms with van der Waals surface area (Å²) >= 11 is 1.76. The number of thiophene rings is 1. The molecule has 1 aliphatic heterocycles. The van der Waals surface area contributed by atoms with Crippen LogP contribution in [0.3, 0.4) is 0 Å².